The lowest BCUT2D eigenvalue weighted by molar-refractivity contribution is -0.121. The van der Waals surface area contributed by atoms with Crippen LogP contribution in [0.3, 0.4) is 0 Å². The lowest BCUT2D eigenvalue weighted by Crippen LogP contribution is -2.41. The van der Waals surface area contributed by atoms with Gasteiger partial charge in [0.2, 0.25) is 11.8 Å². The minimum Gasteiger partial charge on any atom is -0.351 e. The molecule has 0 unspecified atom stereocenters. The van der Waals surface area contributed by atoms with Gasteiger partial charge in [0.25, 0.3) is 0 Å². The molecule has 1 aromatic heterocycles. The Hall–Kier alpha value is -2.63. The van der Waals surface area contributed by atoms with Crippen molar-refractivity contribution in [1.82, 2.24) is 14.9 Å². The lowest BCUT2D eigenvalue weighted by atomic mass is 10.1. The summed E-state index contributed by atoms with van der Waals surface area (Å²) in [5.74, 6) is 1.32. The smallest absolute Gasteiger partial charge is 0.227 e. The number of carbonyl (C=O) groups excluding carboxylic acids is 2. The number of fused-ring (bicyclic) bond motifs is 1. The molecule has 6 nitrogen and oxygen atoms in total. The highest BCUT2D eigenvalue weighted by Crippen LogP contribution is 2.21. The van der Waals surface area contributed by atoms with Gasteiger partial charge in [-0.2, -0.15) is 0 Å². The molecule has 2 aromatic rings. The molecule has 1 atom stereocenters. The fourth-order valence-corrected chi connectivity index (χ4v) is 3.66. The Morgan fingerprint density at radius 1 is 1.24 bits per heavy atom. The van der Waals surface area contributed by atoms with Gasteiger partial charge < -0.3 is 14.8 Å². The molecule has 0 bridgehead atoms. The number of carbonyl (C=O) groups is 2. The summed E-state index contributed by atoms with van der Waals surface area (Å²) < 4.78 is 2.11. The Balaban J connectivity index is 1.33. The van der Waals surface area contributed by atoms with Crippen LogP contribution in [0.2, 0.25) is 0 Å². The normalized spacial score (nSPS) is 19.8. The summed E-state index contributed by atoms with van der Waals surface area (Å²) in [7, 11) is 0. The predicted octanol–water partition coefficient (Wildman–Crippen LogP) is 1.68. The summed E-state index contributed by atoms with van der Waals surface area (Å²) >= 11 is 0. The number of amides is 2. The third-order valence-corrected chi connectivity index (χ3v) is 4.99. The van der Waals surface area contributed by atoms with Gasteiger partial charge >= 0.3 is 0 Å². The second-order valence-corrected chi connectivity index (χ2v) is 6.79. The van der Waals surface area contributed by atoms with E-state index in [4.69, 9.17) is 0 Å². The number of aromatic nitrogens is 2. The van der Waals surface area contributed by atoms with Crippen LogP contribution < -0.4 is 10.2 Å². The molecular formula is C19H22N4O2. The first-order valence-corrected chi connectivity index (χ1v) is 8.88. The number of nitrogens with one attached hydrogen (secondary N) is 1. The van der Waals surface area contributed by atoms with Gasteiger partial charge in [-0.1, -0.05) is 12.1 Å². The van der Waals surface area contributed by atoms with Gasteiger partial charge in [-0.3, -0.25) is 9.59 Å². The van der Waals surface area contributed by atoms with Crippen molar-refractivity contribution in [3.63, 3.8) is 0 Å². The molecule has 25 heavy (non-hydrogen) atoms. The Morgan fingerprint density at radius 3 is 2.84 bits per heavy atom. The molecule has 2 aliphatic heterocycles. The number of imidazole rings is 1. The van der Waals surface area contributed by atoms with E-state index >= 15 is 0 Å². The highest BCUT2D eigenvalue weighted by Gasteiger charge is 2.22. The van der Waals surface area contributed by atoms with Crippen molar-refractivity contribution in [3.8, 4) is 0 Å². The Bertz CT molecular complexity index is 781. The number of rotatable bonds is 4. The molecular weight excluding hydrogens is 316 g/mol. The maximum Gasteiger partial charge on any atom is 0.227 e. The van der Waals surface area contributed by atoms with Gasteiger partial charge in [-0.05, 0) is 30.5 Å². The lowest BCUT2D eigenvalue weighted by Gasteiger charge is -2.24. The summed E-state index contributed by atoms with van der Waals surface area (Å²) in [4.78, 5) is 30.2. The monoisotopic (exact) mass is 338 g/mol. The molecule has 0 saturated carbocycles. The summed E-state index contributed by atoms with van der Waals surface area (Å²) in [5.41, 5.74) is 1.89. The molecule has 0 aliphatic carbocycles. The molecule has 6 heteroatoms. The molecule has 4 rings (SSSR count). The van der Waals surface area contributed by atoms with Crippen molar-refractivity contribution in [1.29, 1.82) is 0 Å². The topological polar surface area (TPSA) is 67.2 Å². The molecule has 1 N–H and O–H groups in total. The number of nitrogens with zero attached hydrogens (tertiary/aromatic N) is 3. The molecule has 1 fully saturated rings. The van der Waals surface area contributed by atoms with Crippen LogP contribution in [0.15, 0.2) is 36.7 Å². The summed E-state index contributed by atoms with van der Waals surface area (Å²) in [5, 5.41) is 3.12. The largest absolute Gasteiger partial charge is 0.351 e. The fourth-order valence-electron chi connectivity index (χ4n) is 3.66. The average Bonchev–Trinajstić information content (AvgIpc) is 3.24. The van der Waals surface area contributed by atoms with Crippen LogP contribution in [0.5, 0.6) is 0 Å². The van der Waals surface area contributed by atoms with Crippen molar-refractivity contribution in [3.05, 3.63) is 48.0 Å². The van der Waals surface area contributed by atoms with Gasteiger partial charge in [0.15, 0.2) is 0 Å². The van der Waals surface area contributed by atoms with Crippen LogP contribution >= 0.6 is 0 Å². The minimum absolute atomic E-state index is 0.0403. The minimum atomic E-state index is 0.0403. The second-order valence-electron chi connectivity index (χ2n) is 6.79. The molecule has 130 valence electrons. The summed E-state index contributed by atoms with van der Waals surface area (Å²) in [6.07, 6.45) is 7.52. The van der Waals surface area contributed by atoms with E-state index in [1.54, 1.807) is 0 Å². The van der Waals surface area contributed by atoms with Crippen LogP contribution in [0.25, 0.3) is 0 Å². The van der Waals surface area contributed by atoms with Crippen LogP contribution in [0.4, 0.5) is 5.69 Å². The maximum absolute atomic E-state index is 12.3. The molecule has 3 heterocycles. The van der Waals surface area contributed by atoms with Crippen molar-refractivity contribution in [2.24, 2.45) is 0 Å². The van der Waals surface area contributed by atoms with Gasteiger partial charge in [-0.15, -0.1) is 0 Å². The number of benzene rings is 1. The van der Waals surface area contributed by atoms with E-state index in [2.05, 4.69) is 14.9 Å². The van der Waals surface area contributed by atoms with Crippen molar-refractivity contribution < 1.29 is 9.59 Å². The predicted molar refractivity (Wildman–Crippen MR) is 94.2 cm³/mol. The van der Waals surface area contributed by atoms with E-state index in [0.717, 1.165) is 49.4 Å². The highest BCUT2D eigenvalue weighted by molar-refractivity contribution is 5.95. The van der Waals surface area contributed by atoms with Gasteiger partial charge in [-0.25, -0.2) is 4.98 Å². The third kappa shape index (κ3) is 3.43. The first-order valence-electron chi connectivity index (χ1n) is 8.88. The summed E-state index contributed by atoms with van der Waals surface area (Å²) in [6.45, 7) is 1.58. The maximum atomic E-state index is 12.3. The van der Waals surface area contributed by atoms with Crippen molar-refractivity contribution in [2.75, 3.05) is 11.4 Å². The standard InChI is InChI=1S/C19H22N4O2/c24-18(21-15-5-8-17-20-9-11-22(17)13-15)12-14-3-6-16(7-4-14)23-10-1-2-19(23)25/h3-4,6-7,9,11,15H,1-2,5,8,10,12-13H2,(H,21,24)/t15-/m1/s1. The van der Waals surface area contributed by atoms with Crippen LogP contribution in [-0.2, 0) is 29.0 Å². The Kier molecular flexibility index (Phi) is 4.26. The SMILES string of the molecule is O=C(Cc1ccc(N2CCCC2=O)cc1)N[C@@H]1CCc2nccn2C1. The number of hydrogen-bond donors (Lipinski definition) is 1. The van der Waals surface area contributed by atoms with Crippen molar-refractivity contribution in [2.45, 2.75) is 44.7 Å². The van der Waals surface area contributed by atoms with Gasteiger partial charge in [0.05, 0.1) is 6.42 Å². The zero-order chi connectivity index (χ0) is 17.2. The molecule has 2 amide bonds. The van der Waals surface area contributed by atoms with E-state index in [1.807, 2.05) is 41.6 Å². The third-order valence-electron chi connectivity index (χ3n) is 4.99. The van der Waals surface area contributed by atoms with E-state index in [0.29, 0.717) is 12.8 Å². The number of hydrogen-bond acceptors (Lipinski definition) is 3. The quantitative estimate of drug-likeness (QED) is 0.922. The number of anilines is 1. The first kappa shape index (κ1) is 15.9. The second kappa shape index (κ2) is 6.70. The molecule has 0 radical (unpaired) electrons. The van der Waals surface area contributed by atoms with E-state index < -0.39 is 0 Å². The zero-order valence-corrected chi connectivity index (χ0v) is 14.1. The summed E-state index contributed by atoms with van der Waals surface area (Å²) in [6, 6.07) is 7.91. The Morgan fingerprint density at radius 2 is 2.08 bits per heavy atom. The Labute approximate surface area is 146 Å². The first-order chi connectivity index (χ1) is 12.2. The molecule has 0 spiro atoms. The zero-order valence-electron chi connectivity index (χ0n) is 14.1. The van der Waals surface area contributed by atoms with Crippen LogP contribution in [0, 0.1) is 0 Å². The van der Waals surface area contributed by atoms with Crippen molar-refractivity contribution >= 4 is 17.5 Å². The van der Waals surface area contributed by atoms with E-state index in [1.165, 1.54) is 0 Å². The average molecular weight is 338 g/mol. The van der Waals surface area contributed by atoms with E-state index in [-0.39, 0.29) is 17.9 Å². The van der Waals surface area contributed by atoms with Gasteiger partial charge in [0.1, 0.15) is 5.82 Å². The molecule has 1 saturated heterocycles. The number of aryl methyl sites for hydroxylation is 1. The molecule has 2 aliphatic rings. The van der Waals surface area contributed by atoms with Crippen LogP contribution in [-0.4, -0.2) is 34.0 Å². The fraction of sp³-hybridized carbons (Fsp3) is 0.421. The molecule has 1 aromatic carbocycles. The van der Waals surface area contributed by atoms with Gasteiger partial charge in [0, 0.05) is 50.1 Å². The highest BCUT2D eigenvalue weighted by atomic mass is 16.2. The van der Waals surface area contributed by atoms with E-state index in [9.17, 15) is 9.59 Å². The van der Waals surface area contributed by atoms with Crippen LogP contribution in [0.1, 0.15) is 30.7 Å².